The number of carbonyl (C=O) groups is 1. The number of amides is 2. The van der Waals surface area contributed by atoms with Gasteiger partial charge in [-0.15, -0.1) is 0 Å². The molecule has 116 valence electrons. The van der Waals surface area contributed by atoms with Gasteiger partial charge in [-0.2, -0.15) is 0 Å². The van der Waals surface area contributed by atoms with Gasteiger partial charge in [0, 0.05) is 11.4 Å². The molecule has 2 amide bonds. The molecule has 0 aromatic heterocycles. The molecule has 4 N–H and O–H groups in total. The number of benzene rings is 2. The first kappa shape index (κ1) is 16.0. The van der Waals surface area contributed by atoms with Gasteiger partial charge in [-0.25, -0.2) is 18.4 Å². The number of hydrogen-bond acceptors (Lipinski definition) is 3. The summed E-state index contributed by atoms with van der Waals surface area (Å²) in [5, 5.41) is 10.3. The molecule has 22 heavy (non-hydrogen) atoms. The molecule has 2 rings (SSSR count). The van der Waals surface area contributed by atoms with Crippen LogP contribution in [0, 0.1) is 0 Å². The molecule has 0 saturated heterocycles. The second-order valence-corrected chi connectivity index (χ2v) is 6.26. The predicted molar refractivity (Wildman–Crippen MR) is 86.3 cm³/mol. The summed E-state index contributed by atoms with van der Waals surface area (Å²) in [7, 11) is -3.80. The molecule has 0 aliphatic rings. The average Bonchev–Trinajstić information content (AvgIpc) is 2.47. The van der Waals surface area contributed by atoms with E-state index in [1.165, 1.54) is 23.8 Å². The van der Waals surface area contributed by atoms with Gasteiger partial charge in [-0.3, -0.25) is 0 Å². The second-order valence-electron chi connectivity index (χ2n) is 4.70. The summed E-state index contributed by atoms with van der Waals surface area (Å²) >= 11 is 0. The first-order valence-corrected chi connectivity index (χ1v) is 8.23. The van der Waals surface area contributed by atoms with Crippen LogP contribution in [-0.4, -0.2) is 14.4 Å². The van der Waals surface area contributed by atoms with Crippen molar-refractivity contribution < 1.29 is 13.2 Å². The number of nitrogens with one attached hydrogen (secondary N) is 2. The largest absolute Gasteiger partial charge is 0.323 e. The van der Waals surface area contributed by atoms with Crippen molar-refractivity contribution in [3.05, 3.63) is 54.1 Å². The van der Waals surface area contributed by atoms with Crippen LogP contribution in [0.5, 0.6) is 0 Å². The summed E-state index contributed by atoms with van der Waals surface area (Å²) < 4.78 is 22.5. The van der Waals surface area contributed by atoms with Crippen LogP contribution < -0.4 is 15.8 Å². The molecule has 0 bridgehead atoms. The van der Waals surface area contributed by atoms with Crippen molar-refractivity contribution in [2.75, 3.05) is 10.6 Å². The summed E-state index contributed by atoms with van der Waals surface area (Å²) in [6, 6.07) is 12.7. The van der Waals surface area contributed by atoms with E-state index in [0.29, 0.717) is 11.4 Å². The third-order valence-electron chi connectivity index (χ3n) is 3.04. The van der Waals surface area contributed by atoms with Gasteiger partial charge in [0.25, 0.3) is 0 Å². The van der Waals surface area contributed by atoms with E-state index in [-0.39, 0.29) is 4.90 Å². The van der Waals surface area contributed by atoms with Crippen LogP contribution in [-0.2, 0) is 16.4 Å². The van der Waals surface area contributed by atoms with Gasteiger partial charge in [0.15, 0.2) is 0 Å². The molecule has 0 atom stereocenters. The lowest BCUT2D eigenvalue weighted by molar-refractivity contribution is 0.262. The molecule has 0 saturated carbocycles. The molecular formula is C15H17N3O3S. The Balaban J connectivity index is 2.05. The smallest absolute Gasteiger partial charge is 0.308 e. The highest BCUT2D eigenvalue weighted by Gasteiger charge is 2.09. The highest BCUT2D eigenvalue weighted by atomic mass is 32.2. The Bertz CT molecular complexity index is 771. The van der Waals surface area contributed by atoms with Crippen LogP contribution in [0.25, 0.3) is 0 Å². The molecule has 0 heterocycles. The first-order valence-electron chi connectivity index (χ1n) is 6.68. The van der Waals surface area contributed by atoms with Crippen molar-refractivity contribution in [2.24, 2.45) is 5.14 Å². The fraction of sp³-hybridized carbons (Fsp3) is 0.133. The Hall–Kier alpha value is -2.38. The minimum absolute atomic E-state index is 0.0578. The summed E-state index contributed by atoms with van der Waals surface area (Å²) in [6.07, 6.45) is 0.923. The maximum atomic E-state index is 11.9. The number of sulfonamides is 1. The van der Waals surface area contributed by atoms with Gasteiger partial charge in [-0.05, 0) is 42.3 Å². The minimum Gasteiger partial charge on any atom is -0.308 e. The van der Waals surface area contributed by atoms with Crippen molar-refractivity contribution in [1.82, 2.24) is 0 Å². The number of anilines is 2. The standard InChI is InChI=1S/C15H17N3O3S/c1-2-11-6-8-12(9-7-11)17-15(19)18-13-4-3-5-14(10-13)22(16,20)21/h3-10H,2H2,1H3,(H2,16,20,21)(H2,17,18,19). The van der Waals surface area contributed by atoms with Gasteiger partial charge in [-0.1, -0.05) is 25.1 Å². The van der Waals surface area contributed by atoms with Crippen LogP contribution in [0.1, 0.15) is 12.5 Å². The fourth-order valence-corrected chi connectivity index (χ4v) is 2.43. The maximum Gasteiger partial charge on any atom is 0.323 e. The average molecular weight is 319 g/mol. The summed E-state index contributed by atoms with van der Waals surface area (Å²) in [5.41, 5.74) is 2.17. The lowest BCUT2D eigenvalue weighted by atomic mass is 10.1. The minimum atomic E-state index is -3.80. The molecule has 0 spiro atoms. The van der Waals surface area contributed by atoms with Crippen molar-refractivity contribution in [1.29, 1.82) is 0 Å². The monoisotopic (exact) mass is 319 g/mol. The van der Waals surface area contributed by atoms with Crippen molar-refractivity contribution in [3.8, 4) is 0 Å². The van der Waals surface area contributed by atoms with Crippen LogP contribution in [0.2, 0.25) is 0 Å². The molecule has 0 radical (unpaired) electrons. The van der Waals surface area contributed by atoms with Crippen molar-refractivity contribution in [3.63, 3.8) is 0 Å². The highest BCUT2D eigenvalue weighted by Crippen LogP contribution is 2.15. The number of primary sulfonamides is 1. The molecule has 2 aromatic rings. The lowest BCUT2D eigenvalue weighted by Crippen LogP contribution is -2.20. The van der Waals surface area contributed by atoms with E-state index in [1.54, 1.807) is 18.2 Å². The van der Waals surface area contributed by atoms with Crippen molar-refractivity contribution >= 4 is 27.4 Å². The molecule has 0 unspecified atom stereocenters. The Labute approximate surface area is 129 Å². The van der Waals surface area contributed by atoms with Gasteiger partial charge in [0.1, 0.15) is 0 Å². The molecule has 7 heteroatoms. The van der Waals surface area contributed by atoms with Crippen LogP contribution in [0.4, 0.5) is 16.2 Å². The SMILES string of the molecule is CCc1ccc(NC(=O)Nc2cccc(S(N)(=O)=O)c2)cc1. The zero-order chi connectivity index (χ0) is 16.2. The Morgan fingerprint density at radius 2 is 1.68 bits per heavy atom. The number of rotatable bonds is 4. The van der Waals surface area contributed by atoms with E-state index in [4.69, 9.17) is 5.14 Å². The Morgan fingerprint density at radius 3 is 2.27 bits per heavy atom. The Morgan fingerprint density at radius 1 is 1.05 bits per heavy atom. The zero-order valence-corrected chi connectivity index (χ0v) is 12.9. The molecule has 0 fully saturated rings. The summed E-state index contributed by atoms with van der Waals surface area (Å²) in [5.74, 6) is 0. The predicted octanol–water partition coefficient (Wildman–Crippen LogP) is 2.54. The van der Waals surface area contributed by atoms with E-state index in [0.717, 1.165) is 6.42 Å². The number of nitrogens with two attached hydrogens (primary N) is 1. The highest BCUT2D eigenvalue weighted by molar-refractivity contribution is 7.89. The number of carbonyl (C=O) groups excluding carboxylic acids is 1. The van der Waals surface area contributed by atoms with Crippen LogP contribution in [0.3, 0.4) is 0 Å². The fourth-order valence-electron chi connectivity index (χ4n) is 1.87. The number of hydrogen-bond donors (Lipinski definition) is 3. The third kappa shape index (κ3) is 4.31. The van der Waals surface area contributed by atoms with E-state index >= 15 is 0 Å². The van der Waals surface area contributed by atoms with E-state index in [9.17, 15) is 13.2 Å². The molecular weight excluding hydrogens is 302 g/mol. The zero-order valence-electron chi connectivity index (χ0n) is 12.0. The van der Waals surface area contributed by atoms with Gasteiger partial charge in [0.2, 0.25) is 10.0 Å². The first-order chi connectivity index (χ1) is 10.4. The molecule has 2 aromatic carbocycles. The van der Waals surface area contributed by atoms with E-state index in [1.807, 2.05) is 19.1 Å². The van der Waals surface area contributed by atoms with E-state index < -0.39 is 16.1 Å². The van der Waals surface area contributed by atoms with E-state index in [2.05, 4.69) is 10.6 Å². The number of urea groups is 1. The number of aryl methyl sites for hydroxylation is 1. The van der Waals surface area contributed by atoms with Crippen LogP contribution in [0.15, 0.2) is 53.4 Å². The van der Waals surface area contributed by atoms with Gasteiger partial charge >= 0.3 is 6.03 Å². The van der Waals surface area contributed by atoms with Gasteiger partial charge in [0.05, 0.1) is 4.90 Å². The van der Waals surface area contributed by atoms with Crippen LogP contribution >= 0.6 is 0 Å². The summed E-state index contributed by atoms with van der Waals surface area (Å²) in [6.45, 7) is 2.05. The Kier molecular flexibility index (Phi) is 4.79. The molecule has 0 aliphatic heterocycles. The van der Waals surface area contributed by atoms with Gasteiger partial charge < -0.3 is 10.6 Å². The second kappa shape index (κ2) is 6.59. The third-order valence-corrected chi connectivity index (χ3v) is 3.95. The quantitative estimate of drug-likeness (QED) is 0.807. The van der Waals surface area contributed by atoms with Crippen molar-refractivity contribution in [2.45, 2.75) is 18.2 Å². The lowest BCUT2D eigenvalue weighted by Gasteiger charge is -2.09. The maximum absolute atomic E-state index is 11.9. The molecule has 0 aliphatic carbocycles. The molecule has 6 nitrogen and oxygen atoms in total. The normalized spacial score (nSPS) is 11.0. The summed E-state index contributed by atoms with van der Waals surface area (Å²) in [4.78, 5) is 11.8. The topological polar surface area (TPSA) is 101 Å².